The molecule has 1 aromatic carbocycles. The van der Waals surface area contributed by atoms with Crippen molar-refractivity contribution in [3.63, 3.8) is 0 Å². The van der Waals surface area contributed by atoms with Crippen LogP contribution in [0.5, 0.6) is 0 Å². The van der Waals surface area contributed by atoms with Gasteiger partial charge in [-0.1, -0.05) is 12.1 Å². The van der Waals surface area contributed by atoms with Crippen molar-refractivity contribution in [1.82, 2.24) is 19.9 Å². The summed E-state index contributed by atoms with van der Waals surface area (Å²) >= 11 is 0. The summed E-state index contributed by atoms with van der Waals surface area (Å²) < 4.78 is 2.09. The standard InChI is InChI=1S/C21H26N6O2/c1-13-14(2)25-20(22)18-19(13)27(12-24-18)10-5-4-9-23-21(29)26-17-8-6-7-16(11-17)15(3)28/h6-8,11-12H,4-5,9-10H2,1-3H3,(H2,22,25)(H2,23,26,29). The van der Waals surface area contributed by atoms with Gasteiger partial charge in [-0.05, 0) is 51.3 Å². The second-order valence-corrected chi connectivity index (χ2v) is 7.07. The predicted molar refractivity (Wildman–Crippen MR) is 114 cm³/mol. The van der Waals surface area contributed by atoms with E-state index in [2.05, 4.69) is 25.2 Å². The van der Waals surface area contributed by atoms with E-state index in [0.717, 1.165) is 41.7 Å². The lowest BCUT2D eigenvalue weighted by Crippen LogP contribution is -2.29. The Hall–Kier alpha value is -3.42. The van der Waals surface area contributed by atoms with Gasteiger partial charge in [0, 0.05) is 30.0 Å². The van der Waals surface area contributed by atoms with Crippen LogP contribution < -0.4 is 16.4 Å². The van der Waals surface area contributed by atoms with Crippen LogP contribution in [0.25, 0.3) is 11.0 Å². The molecule has 29 heavy (non-hydrogen) atoms. The molecule has 0 fully saturated rings. The first kappa shape index (κ1) is 20.3. The molecule has 2 amide bonds. The van der Waals surface area contributed by atoms with Crippen molar-refractivity contribution in [2.24, 2.45) is 0 Å². The van der Waals surface area contributed by atoms with Crippen molar-refractivity contribution in [2.45, 2.75) is 40.2 Å². The van der Waals surface area contributed by atoms with E-state index in [1.165, 1.54) is 6.92 Å². The maximum Gasteiger partial charge on any atom is 0.319 e. The molecule has 8 heteroatoms. The number of imidazole rings is 1. The van der Waals surface area contributed by atoms with Gasteiger partial charge in [0.2, 0.25) is 0 Å². The first-order valence-corrected chi connectivity index (χ1v) is 9.60. The molecule has 3 rings (SSSR count). The molecule has 0 radical (unpaired) electrons. The molecular formula is C21H26N6O2. The number of nitrogens with one attached hydrogen (secondary N) is 2. The van der Waals surface area contributed by atoms with Gasteiger partial charge >= 0.3 is 6.03 Å². The largest absolute Gasteiger partial charge is 0.382 e. The minimum Gasteiger partial charge on any atom is -0.382 e. The van der Waals surface area contributed by atoms with Gasteiger partial charge in [0.25, 0.3) is 0 Å². The molecule has 152 valence electrons. The summed E-state index contributed by atoms with van der Waals surface area (Å²) in [6.45, 7) is 6.79. The Bertz CT molecular complexity index is 1060. The second kappa shape index (κ2) is 8.72. The minimum atomic E-state index is -0.288. The number of pyridine rings is 1. The van der Waals surface area contributed by atoms with Crippen LogP contribution in [0.3, 0.4) is 0 Å². The molecule has 0 spiro atoms. The van der Waals surface area contributed by atoms with Gasteiger partial charge in [0.1, 0.15) is 5.52 Å². The minimum absolute atomic E-state index is 0.0379. The number of ketones is 1. The van der Waals surface area contributed by atoms with Crippen molar-refractivity contribution >= 4 is 34.4 Å². The second-order valence-electron chi connectivity index (χ2n) is 7.07. The highest BCUT2D eigenvalue weighted by atomic mass is 16.2. The molecule has 0 saturated carbocycles. The highest BCUT2D eigenvalue weighted by molar-refractivity contribution is 5.96. The van der Waals surface area contributed by atoms with Crippen molar-refractivity contribution in [3.05, 3.63) is 47.4 Å². The number of aromatic nitrogens is 3. The lowest BCUT2D eigenvalue weighted by molar-refractivity contribution is 0.101. The van der Waals surface area contributed by atoms with Crippen LogP contribution in [-0.2, 0) is 6.54 Å². The number of nitrogens with two attached hydrogens (primary N) is 1. The number of carbonyl (C=O) groups excluding carboxylic acids is 2. The highest BCUT2D eigenvalue weighted by Crippen LogP contribution is 2.24. The van der Waals surface area contributed by atoms with Gasteiger partial charge < -0.3 is 20.9 Å². The quantitative estimate of drug-likeness (QED) is 0.419. The van der Waals surface area contributed by atoms with Gasteiger partial charge in [0.15, 0.2) is 11.6 Å². The third-order valence-electron chi connectivity index (χ3n) is 4.90. The van der Waals surface area contributed by atoms with Crippen molar-refractivity contribution < 1.29 is 9.59 Å². The number of nitrogens with zero attached hydrogens (tertiary/aromatic N) is 3. The Morgan fingerprint density at radius 2 is 2.00 bits per heavy atom. The molecule has 2 aromatic heterocycles. The summed E-state index contributed by atoms with van der Waals surface area (Å²) in [6, 6.07) is 6.59. The number of nitrogen functional groups attached to an aromatic ring is 1. The van der Waals surface area contributed by atoms with Crippen molar-refractivity contribution in [2.75, 3.05) is 17.6 Å². The van der Waals surface area contributed by atoms with Gasteiger partial charge in [-0.15, -0.1) is 0 Å². The van der Waals surface area contributed by atoms with Gasteiger partial charge in [-0.3, -0.25) is 4.79 Å². The van der Waals surface area contributed by atoms with E-state index in [0.29, 0.717) is 23.6 Å². The van der Waals surface area contributed by atoms with E-state index in [1.807, 2.05) is 13.8 Å². The number of Topliss-reactive ketones (excluding diaryl/α,β-unsaturated/α-hetero) is 1. The van der Waals surface area contributed by atoms with Crippen molar-refractivity contribution in [3.8, 4) is 0 Å². The Morgan fingerprint density at radius 3 is 2.76 bits per heavy atom. The Kier molecular flexibility index (Phi) is 6.11. The first-order valence-electron chi connectivity index (χ1n) is 9.60. The molecule has 0 aliphatic carbocycles. The molecule has 8 nitrogen and oxygen atoms in total. The van der Waals surface area contributed by atoms with E-state index >= 15 is 0 Å². The Morgan fingerprint density at radius 1 is 1.21 bits per heavy atom. The molecule has 0 saturated heterocycles. The van der Waals surface area contributed by atoms with E-state index in [9.17, 15) is 9.59 Å². The summed E-state index contributed by atoms with van der Waals surface area (Å²) in [5, 5.41) is 5.58. The summed E-state index contributed by atoms with van der Waals surface area (Å²) in [4.78, 5) is 32.2. The number of amides is 2. The van der Waals surface area contributed by atoms with E-state index < -0.39 is 0 Å². The number of urea groups is 1. The average Bonchev–Trinajstić information content (AvgIpc) is 3.11. The number of unbranched alkanes of at least 4 members (excludes halogenated alkanes) is 1. The Labute approximate surface area is 169 Å². The number of hydrogen-bond donors (Lipinski definition) is 3. The average molecular weight is 394 g/mol. The molecular weight excluding hydrogens is 368 g/mol. The topological polar surface area (TPSA) is 115 Å². The number of benzene rings is 1. The van der Waals surface area contributed by atoms with E-state index in [1.54, 1.807) is 30.6 Å². The van der Waals surface area contributed by atoms with Crippen LogP contribution in [-0.4, -0.2) is 32.9 Å². The molecule has 2 heterocycles. The fourth-order valence-electron chi connectivity index (χ4n) is 3.22. The lowest BCUT2D eigenvalue weighted by atomic mass is 10.1. The third kappa shape index (κ3) is 4.71. The number of rotatable bonds is 7. The zero-order valence-corrected chi connectivity index (χ0v) is 17.0. The third-order valence-corrected chi connectivity index (χ3v) is 4.90. The molecule has 0 atom stereocenters. The number of hydrogen-bond acceptors (Lipinski definition) is 5. The number of aryl methyl sites for hydroxylation is 3. The number of fused-ring (bicyclic) bond motifs is 1. The molecule has 4 N–H and O–H groups in total. The predicted octanol–water partition coefficient (Wildman–Crippen LogP) is 3.43. The number of carbonyl (C=O) groups is 2. The van der Waals surface area contributed by atoms with Crippen LogP contribution in [0.15, 0.2) is 30.6 Å². The fourth-order valence-corrected chi connectivity index (χ4v) is 3.22. The maximum absolute atomic E-state index is 12.0. The van der Waals surface area contributed by atoms with Crippen molar-refractivity contribution in [1.29, 1.82) is 0 Å². The Balaban J connectivity index is 1.48. The molecule has 3 aromatic rings. The zero-order chi connectivity index (χ0) is 21.0. The first-order chi connectivity index (χ1) is 13.9. The highest BCUT2D eigenvalue weighted by Gasteiger charge is 2.12. The van der Waals surface area contributed by atoms with Gasteiger partial charge in [0.05, 0.1) is 11.8 Å². The molecule has 0 aliphatic rings. The zero-order valence-electron chi connectivity index (χ0n) is 17.0. The van der Waals surface area contributed by atoms with E-state index in [-0.39, 0.29) is 11.8 Å². The van der Waals surface area contributed by atoms with Gasteiger partial charge in [-0.25, -0.2) is 14.8 Å². The monoisotopic (exact) mass is 394 g/mol. The molecule has 0 aliphatic heterocycles. The normalized spacial score (nSPS) is 10.9. The van der Waals surface area contributed by atoms with Crippen LogP contribution in [0.4, 0.5) is 16.3 Å². The molecule has 0 unspecified atom stereocenters. The smallest absolute Gasteiger partial charge is 0.319 e. The summed E-state index contributed by atoms with van der Waals surface area (Å²) in [7, 11) is 0. The van der Waals surface area contributed by atoms with Crippen LogP contribution in [0.1, 0.15) is 41.4 Å². The van der Waals surface area contributed by atoms with Crippen LogP contribution >= 0.6 is 0 Å². The summed E-state index contributed by atoms with van der Waals surface area (Å²) in [5.74, 6) is 0.415. The number of anilines is 2. The SMILES string of the molecule is CC(=O)c1cccc(NC(=O)NCCCCn2cnc3c(N)nc(C)c(C)c32)c1. The van der Waals surface area contributed by atoms with Crippen LogP contribution in [0, 0.1) is 13.8 Å². The lowest BCUT2D eigenvalue weighted by Gasteiger charge is -2.10. The van der Waals surface area contributed by atoms with Crippen LogP contribution in [0.2, 0.25) is 0 Å². The van der Waals surface area contributed by atoms with Gasteiger partial charge in [-0.2, -0.15) is 0 Å². The summed E-state index contributed by atoms with van der Waals surface area (Å²) in [5.41, 5.74) is 10.9. The van der Waals surface area contributed by atoms with E-state index in [4.69, 9.17) is 5.73 Å². The fraction of sp³-hybridized carbons (Fsp3) is 0.333. The maximum atomic E-state index is 12.0. The molecule has 0 bridgehead atoms. The summed E-state index contributed by atoms with van der Waals surface area (Å²) in [6.07, 6.45) is 3.49.